The van der Waals surface area contributed by atoms with Crippen molar-refractivity contribution in [2.45, 2.75) is 25.7 Å². The number of fused-ring (bicyclic) bond motifs is 1. The number of rotatable bonds is 8. The third kappa shape index (κ3) is 4.86. The molecule has 0 atom stereocenters. The van der Waals surface area contributed by atoms with Crippen molar-refractivity contribution in [3.8, 4) is 28.1 Å². The zero-order chi connectivity index (χ0) is 25.9. The number of carbonyl (C=O) groups is 2. The van der Waals surface area contributed by atoms with E-state index in [1.54, 1.807) is 19.2 Å². The molecule has 0 unspecified atom stereocenters. The van der Waals surface area contributed by atoms with Crippen LogP contribution in [0.4, 0.5) is 17.2 Å². The smallest absolute Gasteiger partial charge is 0.247 e. The Bertz CT molecular complexity index is 1490. The lowest BCUT2D eigenvalue weighted by molar-refractivity contribution is -0.117. The van der Waals surface area contributed by atoms with Gasteiger partial charge in [-0.1, -0.05) is 31.2 Å². The van der Waals surface area contributed by atoms with Crippen LogP contribution in [0, 0.1) is 5.92 Å². The molecule has 1 saturated carbocycles. The SMILES string of the molecule is C=CC(=O)Nc1ccc(-c2nn3ncnc(N)c3c2-c2ccc(NC(=O)CC3CCC3)c(OC)c2)cc1. The number of amides is 2. The third-order valence-electron chi connectivity index (χ3n) is 6.54. The van der Waals surface area contributed by atoms with E-state index in [4.69, 9.17) is 10.5 Å². The molecule has 2 aromatic carbocycles. The van der Waals surface area contributed by atoms with Crippen LogP contribution in [-0.4, -0.2) is 38.7 Å². The number of benzene rings is 2. The topological polar surface area (TPSA) is 137 Å². The minimum absolute atomic E-state index is 0.0197. The molecule has 188 valence electrons. The first kappa shape index (κ1) is 24.0. The molecule has 0 spiro atoms. The van der Waals surface area contributed by atoms with E-state index < -0.39 is 0 Å². The van der Waals surface area contributed by atoms with Gasteiger partial charge in [-0.25, -0.2) is 4.98 Å². The Morgan fingerprint density at radius 3 is 2.59 bits per heavy atom. The molecule has 10 heteroatoms. The molecule has 0 bridgehead atoms. The molecule has 5 rings (SSSR count). The van der Waals surface area contributed by atoms with Crippen molar-refractivity contribution in [1.29, 1.82) is 0 Å². The number of anilines is 3. The van der Waals surface area contributed by atoms with E-state index in [1.165, 1.54) is 23.5 Å². The van der Waals surface area contributed by atoms with Gasteiger partial charge < -0.3 is 21.1 Å². The van der Waals surface area contributed by atoms with Gasteiger partial charge in [0.05, 0.1) is 12.8 Å². The van der Waals surface area contributed by atoms with Crippen molar-refractivity contribution in [2.24, 2.45) is 5.92 Å². The Morgan fingerprint density at radius 2 is 1.92 bits per heavy atom. The molecule has 0 saturated heterocycles. The fourth-order valence-electron chi connectivity index (χ4n) is 4.41. The van der Waals surface area contributed by atoms with Crippen molar-refractivity contribution in [3.63, 3.8) is 0 Å². The van der Waals surface area contributed by atoms with Gasteiger partial charge in [0.15, 0.2) is 5.82 Å². The van der Waals surface area contributed by atoms with Crippen molar-refractivity contribution >= 4 is 34.5 Å². The van der Waals surface area contributed by atoms with E-state index in [1.807, 2.05) is 30.3 Å². The number of carbonyl (C=O) groups excluding carboxylic acids is 2. The van der Waals surface area contributed by atoms with Crippen LogP contribution in [0.5, 0.6) is 5.75 Å². The molecule has 10 nitrogen and oxygen atoms in total. The average molecular weight is 498 g/mol. The van der Waals surface area contributed by atoms with E-state index in [0.717, 1.165) is 24.0 Å². The number of hydrogen-bond donors (Lipinski definition) is 3. The number of aromatic nitrogens is 4. The van der Waals surface area contributed by atoms with Crippen molar-refractivity contribution < 1.29 is 14.3 Å². The van der Waals surface area contributed by atoms with E-state index in [-0.39, 0.29) is 17.6 Å². The maximum Gasteiger partial charge on any atom is 0.247 e. The lowest BCUT2D eigenvalue weighted by Crippen LogP contribution is -2.21. The fraction of sp³-hybridized carbons (Fsp3) is 0.222. The van der Waals surface area contributed by atoms with Crippen LogP contribution in [-0.2, 0) is 9.59 Å². The van der Waals surface area contributed by atoms with Crippen LogP contribution >= 0.6 is 0 Å². The van der Waals surface area contributed by atoms with Crippen LogP contribution < -0.4 is 21.1 Å². The van der Waals surface area contributed by atoms with E-state index in [9.17, 15) is 9.59 Å². The van der Waals surface area contributed by atoms with Crippen LogP contribution in [0.1, 0.15) is 25.7 Å². The second-order valence-corrected chi connectivity index (χ2v) is 8.94. The third-order valence-corrected chi connectivity index (χ3v) is 6.54. The molecule has 0 aliphatic heterocycles. The highest BCUT2D eigenvalue weighted by Gasteiger charge is 2.23. The Morgan fingerprint density at radius 1 is 1.16 bits per heavy atom. The summed E-state index contributed by atoms with van der Waals surface area (Å²) in [6, 6.07) is 12.8. The van der Waals surface area contributed by atoms with Gasteiger partial charge in [0.1, 0.15) is 23.3 Å². The molecule has 2 amide bonds. The Labute approximate surface area is 213 Å². The Kier molecular flexibility index (Phi) is 6.55. The van der Waals surface area contributed by atoms with Crippen LogP contribution in [0.15, 0.2) is 61.4 Å². The normalized spacial score (nSPS) is 13.1. The first-order valence-electron chi connectivity index (χ1n) is 12.0. The molecule has 1 fully saturated rings. The molecule has 4 N–H and O–H groups in total. The van der Waals surface area contributed by atoms with Gasteiger partial charge in [0.2, 0.25) is 11.8 Å². The van der Waals surface area contributed by atoms with Crippen molar-refractivity contribution in [1.82, 2.24) is 19.8 Å². The minimum atomic E-state index is -0.295. The lowest BCUT2D eigenvalue weighted by atomic mass is 9.83. The first-order valence-corrected chi connectivity index (χ1v) is 12.0. The molecule has 0 radical (unpaired) electrons. The van der Waals surface area contributed by atoms with Gasteiger partial charge in [-0.15, -0.1) is 14.8 Å². The largest absolute Gasteiger partial charge is 0.495 e. The predicted molar refractivity (Wildman–Crippen MR) is 142 cm³/mol. The van der Waals surface area contributed by atoms with Gasteiger partial charge in [0, 0.05) is 23.2 Å². The summed E-state index contributed by atoms with van der Waals surface area (Å²) in [5.74, 6) is 0.939. The van der Waals surface area contributed by atoms with Gasteiger partial charge in [-0.05, 0) is 54.7 Å². The van der Waals surface area contributed by atoms with E-state index >= 15 is 0 Å². The molecular formula is C27H27N7O3. The summed E-state index contributed by atoms with van der Waals surface area (Å²) in [5, 5.41) is 14.6. The van der Waals surface area contributed by atoms with Gasteiger partial charge >= 0.3 is 0 Å². The Hall–Kier alpha value is -4.73. The minimum Gasteiger partial charge on any atom is -0.495 e. The molecule has 2 heterocycles. The molecule has 1 aliphatic rings. The number of hydrogen-bond acceptors (Lipinski definition) is 7. The monoisotopic (exact) mass is 497 g/mol. The highest BCUT2D eigenvalue weighted by atomic mass is 16.5. The summed E-state index contributed by atoms with van der Waals surface area (Å²) >= 11 is 0. The van der Waals surface area contributed by atoms with Crippen molar-refractivity contribution in [2.75, 3.05) is 23.5 Å². The number of nitrogen functional groups attached to an aromatic ring is 1. The zero-order valence-corrected chi connectivity index (χ0v) is 20.4. The average Bonchev–Trinajstić information content (AvgIpc) is 3.28. The second-order valence-electron chi connectivity index (χ2n) is 8.94. The maximum atomic E-state index is 12.5. The Balaban J connectivity index is 1.54. The fourth-order valence-corrected chi connectivity index (χ4v) is 4.41. The van der Waals surface area contributed by atoms with Gasteiger partial charge in [-0.3, -0.25) is 9.59 Å². The maximum absolute atomic E-state index is 12.5. The predicted octanol–water partition coefficient (Wildman–Crippen LogP) is 4.30. The van der Waals surface area contributed by atoms with Crippen molar-refractivity contribution in [3.05, 3.63) is 61.4 Å². The molecule has 37 heavy (non-hydrogen) atoms. The summed E-state index contributed by atoms with van der Waals surface area (Å²) in [6.45, 7) is 3.47. The highest BCUT2D eigenvalue weighted by Crippen LogP contribution is 2.40. The van der Waals surface area contributed by atoms with Gasteiger partial charge in [-0.2, -0.15) is 0 Å². The quantitative estimate of drug-likeness (QED) is 0.309. The zero-order valence-electron chi connectivity index (χ0n) is 20.4. The number of nitrogens with zero attached hydrogens (tertiary/aromatic N) is 4. The first-order chi connectivity index (χ1) is 18.0. The summed E-state index contributed by atoms with van der Waals surface area (Å²) in [4.78, 5) is 28.3. The molecule has 2 aromatic heterocycles. The number of ether oxygens (including phenoxy) is 1. The highest BCUT2D eigenvalue weighted by molar-refractivity contribution is 6.00. The number of nitrogens with two attached hydrogens (primary N) is 1. The molecule has 4 aromatic rings. The van der Waals surface area contributed by atoms with Crippen LogP contribution in [0.3, 0.4) is 0 Å². The summed E-state index contributed by atoms with van der Waals surface area (Å²) in [5.41, 5.74) is 10.9. The van der Waals surface area contributed by atoms with Crippen LogP contribution in [0.2, 0.25) is 0 Å². The summed E-state index contributed by atoms with van der Waals surface area (Å²) in [6.07, 6.45) is 6.47. The summed E-state index contributed by atoms with van der Waals surface area (Å²) in [7, 11) is 1.56. The van der Waals surface area contributed by atoms with E-state index in [0.29, 0.717) is 46.2 Å². The molecule has 1 aliphatic carbocycles. The van der Waals surface area contributed by atoms with Gasteiger partial charge in [0.25, 0.3) is 0 Å². The molecular weight excluding hydrogens is 470 g/mol. The standard InChI is InChI=1S/C27H27N7O3/c1-3-22(35)31-19-10-7-17(8-11-19)25-24(26-27(28)29-15-30-34(26)33-25)18-9-12-20(21(14-18)37-2)32-23(36)13-16-5-4-6-16/h3,7-12,14-16H,1,4-6,13H2,2H3,(H,31,35)(H,32,36)(H2,28,29,30). The summed E-state index contributed by atoms with van der Waals surface area (Å²) < 4.78 is 7.07. The van der Waals surface area contributed by atoms with Crippen LogP contribution in [0.25, 0.3) is 27.9 Å². The number of methoxy groups -OCH3 is 1. The van der Waals surface area contributed by atoms with E-state index in [2.05, 4.69) is 32.4 Å². The number of nitrogens with one attached hydrogen (secondary N) is 2. The lowest BCUT2D eigenvalue weighted by Gasteiger charge is -2.24. The second kappa shape index (κ2) is 10.1.